The Hall–Kier alpha value is -2.09. The van der Waals surface area contributed by atoms with Gasteiger partial charge in [0, 0.05) is 17.8 Å². The van der Waals surface area contributed by atoms with Gasteiger partial charge in [-0.3, -0.25) is 9.98 Å². The van der Waals surface area contributed by atoms with E-state index in [0.717, 1.165) is 12.1 Å². The molecule has 106 valence electrons. The number of aromatic nitrogens is 4. The molecule has 0 bridgehead atoms. The summed E-state index contributed by atoms with van der Waals surface area (Å²) in [5.41, 5.74) is 6.67. The zero-order chi connectivity index (χ0) is 14.7. The van der Waals surface area contributed by atoms with Crippen LogP contribution >= 0.6 is 11.8 Å². The number of nitrogens with zero attached hydrogens (tertiary/aromatic N) is 3. The van der Waals surface area contributed by atoms with Gasteiger partial charge in [0.25, 0.3) is 0 Å². The predicted molar refractivity (Wildman–Crippen MR) is 77.3 cm³/mol. The molecule has 0 aliphatic rings. The number of nitrogens with two attached hydrogens (primary N) is 1. The smallest absolute Gasteiger partial charge is 0.343 e. The van der Waals surface area contributed by atoms with Crippen LogP contribution in [0.5, 0.6) is 0 Å². The van der Waals surface area contributed by atoms with Gasteiger partial charge in [-0.05, 0) is 37.2 Å². The quantitative estimate of drug-likeness (QED) is 0.564. The molecule has 0 amide bonds. The number of hydrogen-bond acceptors (Lipinski definition) is 5. The van der Waals surface area contributed by atoms with Gasteiger partial charge < -0.3 is 5.73 Å². The van der Waals surface area contributed by atoms with E-state index in [1.54, 1.807) is 16.7 Å². The van der Waals surface area contributed by atoms with E-state index in [1.165, 1.54) is 11.8 Å². The third-order valence-corrected chi connectivity index (χ3v) is 3.65. The maximum absolute atomic E-state index is 11.7. The molecule has 0 unspecified atom stereocenters. The van der Waals surface area contributed by atoms with E-state index in [0.29, 0.717) is 22.3 Å². The Balaban J connectivity index is 2.42. The fourth-order valence-corrected chi connectivity index (χ4v) is 2.73. The van der Waals surface area contributed by atoms with E-state index in [1.807, 2.05) is 13.8 Å². The van der Waals surface area contributed by atoms with Gasteiger partial charge >= 0.3 is 5.69 Å². The number of amidine groups is 1. The Labute approximate surface area is 120 Å². The summed E-state index contributed by atoms with van der Waals surface area (Å²) in [7, 11) is 0. The average Bonchev–Trinajstić information content (AvgIpc) is 2.72. The number of H-pyrrole nitrogens is 1. The van der Waals surface area contributed by atoms with Crippen LogP contribution in [0.4, 0.5) is 0 Å². The maximum Gasteiger partial charge on any atom is 0.343 e. The van der Waals surface area contributed by atoms with E-state index in [-0.39, 0.29) is 11.5 Å². The van der Waals surface area contributed by atoms with Gasteiger partial charge in [0.1, 0.15) is 10.9 Å². The first-order valence-electron chi connectivity index (χ1n) is 6.18. The number of aryl methyl sites for hydroxylation is 1. The lowest BCUT2D eigenvalue weighted by Gasteiger charge is -2.08. The van der Waals surface area contributed by atoms with Crippen molar-refractivity contribution in [2.24, 2.45) is 5.73 Å². The van der Waals surface area contributed by atoms with Crippen molar-refractivity contribution in [2.45, 2.75) is 37.0 Å². The van der Waals surface area contributed by atoms with Gasteiger partial charge in [0.2, 0.25) is 0 Å². The van der Waals surface area contributed by atoms with Crippen LogP contribution in [-0.2, 0) is 6.54 Å². The van der Waals surface area contributed by atoms with Crippen LogP contribution < -0.4 is 11.4 Å². The zero-order valence-electron chi connectivity index (χ0n) is 11.3. The zero-order valence-corrected chi connectivity index (χ0v) is 12.1. The van der Waals surface area contributed by atoms with Crippen molar-refractivity contribution in [3.63, 3.8) is 0 Å². The second kappa shape index (κ2) is 5.91. The Kier molecular flexibility index (Phi) is 4.23. The molecule has 7 nitrogen and oxygen atoms in total. The second-order valence-corrected chi connectivity index (χ2v) is 5.24. The Morgan fingerprint density at radius 1 is 1.55 bits per heavy atom. The van der Waals surface area contributed by atoms with E-state index < -0.39 is 0 Å². The molecule has 0 aliphatic carbocycles. The summed E-state index contributed by atoms with van der Waals surface area (Å²) < 4.78 is 1.55. The third-order valence-electron chi connectivity index (χ3n) is 2.65. The molecule has 2 aromatic heterocycles. The molecule has 2 rings (SSSR count). The fraction of sp³-hybridized carbons (Fsp3) is 0.333. The minimum absolute atomic E-state index is 0.0556. The van der Waals surface area contributed by atoms with Crippen molar-refractivity contribution < 1.29 is 0 Å². The molecule has 4 N–H and O–H groups in total. The van der Waals surface area contributed by atoms with E-state index in [2.05, 4.69) is 15.2 Å². The van der Waals surface area contributed by atoms with E-state index in [9.17, 15) is 4.79 Å². The van der Waals surface area contributed by atoms with Crippen LogP contribution in [0.15, 0.2) is 27.1 Å². The maximum atomic E-state index is 11.7. The molecule has 8 heteroatoms. The summed E-state index contributed by atoms with van der Waals surface area (Å²) >= 11 is 1.23. The molecule has 0 aromatic carbocycles. The standard InChI is InChI=1S/C12H16N6OS/c1-3-6-18-11(19)16-17-12(18)20-10-8(9(13)14)5-4-7(2)15-10/h4-5H,3,6H2,1-2H3,(H3,13,14)(H,16,19). The lowest BCUT2D eigenvalue weighted by molar-refractivity contribution is 0.603. The summed E-state index contributed by atoms with van der Waals surface area (Å²) in [6.45, 7) is 4.43. The lowest BCUT2D eigenvalue weighted by atomic mass is 10.2. The van der Waals surface area contributed by atoms with Crippen LogP contribution in [0.25, 0.3) is 0 Å². The van der Waals surface area contributed by atoms with Crippen molar-refractivity contribution in [1.29, 1.82) is 5.41 Å². The molecule has 0 spiro atoms. The first-order valence-corrected chi connectivity index (χ1v) is 6.99. The Morgan fingerprint density at radius 3 is 2.95 bits per heavy atom. The molecule has 0 fully saturated rings. The first kappa shape index (κ1) is 14.3. The SMILES string of the molecule is CCCn1c(Sc2nc(C)ccc2C(=N)N)n[nH]c1=O. The van der Waals surface area contributed by atoms with Gasteiger partial charge in [0.05, 0.1) is 0 Å². The van der Waals surface area contributed by atoms with Crippen LogP contribution in [0, 0.1) is 12.3 Å². The highest BCUT2D eigenvalue weighted by atomic mass is 32.2. The Morgan fingerprint density at radius 2 is 2.30 bits per heavy atom. The van der Waals surface area contributed by atoms with Crippen molar-refractivity contribution in [3.8, 4) is 0 Å². The minimum Gasteiger partial charge on any atom is -0.384 e. The van der Waals surface area contributed by atoms with Gasteiger partial charge in [-0.1, -0.05) is 6.92 Å². The molecule has 0 aliphatic heterocycles. The highest BCUT2D eigenvalue weighted by molar-refractivity contribution is 7.99. The third kappa shape index (κ3) is 2.90. The van der Waals surface area contributed by atoms with Gasteiger partial charge in [0.15, 0.2) is 5.16 Å². The minimum atomic E-state index is -0.244. The molecular formula is C12H16N6OS. The highest BCUT2D eigenvalue weighted by Crippen LogP contribution is 2.26. The van der Waals surface area contributed by atoms with Gasteiger partial charge in [-0.2, -0.15) is 0 Å². The topological polar surface area (TPSA) is 113 Å². The molecular weight excluding hydrogens is 276 g/mol. The second-order valence-electron chi connectivity index (χ2n) is 4.28. The molecule has 2 aromatic rings. The van der Waals surface area contributed by atoms with Crippen molar-refractivity contribution in [1.82, 2.24) is 19.7 Å². The number of nitrogens with one attached hydrogen (secondary N) is 2. The van der Waals surface area contributed by atoms with Crippen LogP contribution in [0.2, 0.25) is 0 Å². The molecule has 0 atom stereocenters. The largest absolute Gasteiger partial charge is 0.384 e. The van der Waals surface area contributed by atoms with Crippen LogP contribution in [0.1, 0.15) is 24.6 Å². The summed E-state index contributed by atoms with van der Waals surface area (Å²) in [6.07, 6.45) is 0.827. The van der Waals surface area contributed by atoms with Crippen LogP contribution in [0.3, 0.4) is 0 Å². The summed E-state index contributed by atoms with van der Waals surface area (Å²) in [5.74, 6) is -0.0556. The highest BCUT2D eigenvalue weighted by Gasteiger charge is 2.14. The van der Waals surface area contributed by atoms with Crippen molar-refractivity contribution in [2.75, 3.05) is 0 Å². The van der Waals surface area contributed by atoms with E-state index >= 15 is 0 Å². The predicted octanol–water partition coefficient (Wildman–Crippen LogP) is 1.12. The monoisotopic (exact) mass is 292 g/mol. The summed E-state index contributed by atoms with van der Waals surface area (Å²) in [6, 6.07) is 3.55. The van der Waals surface area contributed by atoms with Crippen molar-refractivity contribution >= 4 is 17.6 Å². The molecule has 0 saturated carbocycles. The number of nitrogen functional groups attached to an aromatic ring is 1. The average molecular weight is 292 g/mol. The normalized spacial score (nSPS) is 10.7. The molecule has 0 saturated heterocycles. The number of pyridine rings is 1. The fourth-order valence-electron chi connectivity index (χ4n) is 1.70. The first-order chi connectivity index (χ1) is 9.52. The number of aromatic amines is 1. The van der Waals surface area contributed by atoms with Crippen LogP contribution in [-0.4, -0.2) is 25.6 Å². The van der Waals surface area contributed by atoms with Crippen molar-refractivity contribution in [3.05, 3.63) is 33.9 Å². The summed E-state index contributed by atoms with van der Waals surface area (Å²) in [4.78, 5) is 16.0. The number of hydrogen-bond donors (Lipinski definition) is 3. The van der Waals surface area contributed by atoms with Gasteiger partial charge in [-0.15, -0.1) is 5.10 Å². The number of rotatable bonds is 5. The molecule has 0 radical (unpaired) electrons. The lowest BCUT2D eigenvalue weighted by Crippen LogP contribution is -2.17. The molecule has 20 heavy (non-hydrogen) atoms. The van der Waals surface area contributed by atoms with Gasteiger partial charge in [-0.25, -0.2) is 14.9 Å². The molecule has 2 heterocycles. The van der Waals surface area contributed by atoms with E-state index in [4.69, 9.17) is 11.1 Å². The Bertz CT molecular complexity index is 689. The summed E-state index contributed by atoms with van der Waals surface area (Å²) in [5, 5.41) is 15.1.